The van der Waals surface area contributed by atoms with Crippen LogP contribution in [0, 0.1) is 0 Å². The standard InChI is InChI=1S/C13H12N4/c1-2-9-3-4-11-12(5-9)17-13(16-11)10-6-14-8-15-7-10/h3-8H,2H2,1H3,(H,16,17). The van der Waals surface area contributed by atoms with E-state index in [9.17, 15) is 0 Å². The fourth-order valence-electron chi connectivity index (χ4n) is 1.83. The number of hydrogen-bond acceptors (Lipinski definition) is 3. The van der Waals surface area contributed by atoms with Crippen LogP contribution in [0.4, 0.5) is 0 Å². The zero-order chi connectivity index (χ0) is 11.7. The summed E-state index contributed by atoms with van der Waals surface area (Å²) in [6, 6.07) is 6.28. The third kappa shape index (κ3) is 1.78. The van der Waals surface area contributed by atoms with E-state index in [-0.39, 0.29) is 0 Å². The van der Waals surface area contributed by atoms with Crippen LogP contribution in [-0.2, 0) is 6.42 Å². The zero-order valence-electron chi connectivity index (χ0n) is 9.51. The van der Waals surface area contributed by atoms with E-state index in [0.29, 0.717) is 0 Å². The summed E-state index contributed by atoms with van der Waals surface area (Å²) in [6.07, 6.45) is 6.05. The molecule has 0 radical (unpaired) electrons. The van der Waals surface area contributed by atoms with Crippen LogP contribution in [0.15, 0.2) is 36.9 Å². The maximum atomic E-state index is 4.52. The molecule has 0 aliphatic heterocycles. The van der Waals surface area contributed by atoms with Crippen molar-refractivity contribution in [3.8, 4) is 11.4 Å². The quantitative estimate of drug-likeness (QED) is 0.727. The molecule has 3 aromatic rings. The smallest absolute Gasteiger partial charge is 0.141 e. The van der Waals surface area contributed by atoms with Gasteiger partial charge in [-0.3, -0.25) is 0 Å². The van der Waals surface area contributed by atoms with Crippen LogP contribution in [0.1, 0.15) is 12.5 Å². The number of hydrogen-bond donors (Lipinski definition) is 1. The molecular formula is C13H12N4. The summed E-state index contributed by atoms with van der Waals surface area (Å²) in [5.74, 6) is 0.814. The van der Waals surface area contributed by atoms with Crippen LogP contribution in [0.2, 0.25) is 0 Å². The number of rotatable bonds is 2. The topological polar surface area (TPSA) is 54.5 Å². The van der Waals surface area contributed by atoms with E-state index < -0.39 is 0 Å². The zero-order valence-corrected chi connectivity index (χ0v) is 9.51. The van der Waals surface area contributed by atoms with Gasteiger partial charge in [0.2, 0.25) is 0 Å². The van der Waals surface area contributed by atoms with E-state index >= 15 is 0 Å². The molecule has 0 saturated carbocycles. The molecule has 0 fully saturated rings. The Morgan fingerprint density at radius 3 is 2.76 bits per heavy atom. The lowest BCUT2D eigenvalue weighted by Crippen LogP contribution is -1.83. The van der Waals surface area contributed by atoms with Crippen molar-refractivity contribution in [2.24, 2.45) is 0 Å². The number of aromatic nitrogens is 4. The van der Waals surface area contributed by atoms with Gasteiger partial charge in [-0.05, 0) is 24.1 Å². The molecule has 17 heavy (non-hydrogen) atoms. The maximum absolute atomic E-state index is 4.52. The maximum Gasteiger partial charge on any atom is 0.141 e. The highest BCUT2D eigenvalue weighted by Crippen LogP contribution is 2.20. The van der Waals surface area contributed by atoms with Gasteiger partial charge in [0.1, 0.15) is 12.2 Å². The molecule has 0 amide bonds. The molecule has 0 unspecified atom stereocenters. The van der Waals surface area contributed by atoms with Gasteiger partial charge < -0.3 is 4.98 Å². The number of H-pyrrole nitrogens is 1. The van der Waals surface area contributed by atoms with Gasteiger partial charge in [0.15, 0.2) is 0 Å². The summed E-state index contributed by atoms with van der Waals surface area (Å²) >= 11 is 0. The monoisotopic (exact) mass is 224 g/mol. The molecule has 3 rings (SSSR count). The van der Waals surface area contributed by atoms with E-state index in [4.69, 9.17) is 0 Å². The first-order valence-corrected chi connectivity index (χ1v) is 5.61. The minimum atomic E-state index is 0.814. The third-order valence-electron chi connectivity index (χ3n) is 2.79. The van der Waals surface area contributed by atoms with Gasteiger partial charge in [-0.2, -0.15) is 0 Å². The van der Waals surface area contributed by atoms with E-state index in [1.54, 1.807) is 12.4 Å². The normalized spacial score (nSPS) is 10.9. The van der Waals surface area contributed by atoms with Crippen LogP contribution in [0.25, 0.3) is 22.4 Å². The second kappa shape index (κ2) is 3.97. The van der Waals surface area contributed by atoms with Crippen molar-refractivity contribution in [1.82, 2.24) is 19.9 Å². The molecule has 0 atom stereocenters. The first kappa shape index (κ1) is 9.96. The lowest BCUT2D eigenvalue weighted by atomic mass is 10.1. The predicted molar refractivity (Wildman–Crippen MR) is 66.5 cm³/mol. The molecular weight excluding hydrogens is 212 g/mol. The van der Waals surface area contributed by atoms with Crippen molar-refractivity contribution in [2.75, 3.05) is 0 Å². The fourth-order valence-corrected chi connectivity index (χ4v) is 1.83. The SMILES string of the molecule is CCc1ccc2nc(-c3cncnc3)[nH]c2c1. The Kier molecular flexibility index (Phi) is 2.33. The Bertz CT molecular complexity index is 643. The molecule has 0 aliphatic carbocycles. The lowest BCUT2D eigenvalue weighted by molar-refractivity contribution is 1.14. The van der Waals surface area contributed by atoms with Gasteiger partial charge in [0.05, 0.1) is 16.6 Å². The van der Waals surface area contributed by atoms with E-state index in [1.807, 2.05) is 6.07 Å². The number of benzene rings is 1. The molecule has 0 aliphatic rings. The van der Waals surface area contributed by atoms with Crippen molar-refractivity contribution >= 4 is 11.0 Å². The minimum absolute atomic E-state index is 0.814. The minimum Gasteiger partial charge on any atom is -0.338 e. The van der Waals surface area contributed by atoms with Crippen molar-refractivity contribution in [2.45, 2.75) is 13.3 Å². The lowest BCUT2D eigenvalue weighted by Gasteiger charge is -1.94. The highest BCUT2D eigenvalue weighted by Gasteiger charge is 2.05. The fraction of sp³-hybridized carbons (Fsp3) is 0.154. The van der Waals surface area contributed by atoms with Crippen molar-refractivity contribution in [1.29, 1.82) is 0 Å². The highest BCUT2D eigenvalue weighted by molar-refractivity contribution is 5.79. The number of aryl methyl sites for hydroxylation is 1. The molecule has 84 valence electrons. The summed E-state index contributed by atoms with van der Waals surface area (Å²) < 4.78 is 0. The number of fused-ring (bicyclic) bond motifs is 1. The van der Waals surface area contributed by atoms with Crippen molar-refractivity contribution in [3.05, 3.63) is 42.5 Å². The van der Waals surface area contributed by atoms with Crippen LogP contribution in [-0.4, -0.2) is 19.9 Å². The van der Waals surface area contributed by atoms with Crippen LogP contribution in [0.5, 0.6) is 0 Å². The molecule has 0 spiro atoms. The molecule has 1 aromatic carbocycles. The van der Waals surface area contributed by atoms with Crippen LogP contribution < -0.4 is 0 Å². The second-order valence-corrected chi connectivity index (χ2v) is 3.92. The summed E-state index contributed by atoms with van der Waals surface area (Å²) in [5, 5.41) is 0. The Balaban J connectivity index is 2.14. The van der Waals surface area contributed by atoms with Crippen molar-refractivity contribution in [3.63, 3.8) is 0 Å². The summed E-state index contributed by atoms with van der Waals surface area (Å²) in [6.45, 7) is 2.14. The number of nitrogens with zero attached hydrogens (tertiary/aromatic N) is 3. The Hall–Kier alpha value is -2.23. The van der Waals surface area contributed by atoms with Gasteiger partial charge in [-0.15, -0.1) is 0 Å². The van der Waals surface area contributed by atoms with Gasteiger partial charge >= 0.3 is 0 Å². The van der Waals surface area contributed by atoms with E-state index in [1.165, 1.54) is 11.9 Å². The van der Waals surface area contributed by atoms with Crippen LogP contribution >= 0.6 is 0 Å². The Morgan fingerprint density at radius 2 is 2.00 bits per heavy atom. The Labute approximate surface area is 98.8 Å². The van der Waals surface area contributed by atoms with Gasteiger partial charge in [0, 0.05) is 12.4 Å². The largest absolute Gasteiger partial charge is 0.338 e. The van der Waals surface area contributed by atoms with Gasteiger partial charge in [-0.1, -0.05) is 13.0 Å². The number of aromatic amines is 1. The average molecular weight is 224 g/mol. The molecule has 2 aromatic heterocycles. The first-order valence-electron chi connectivity index (χ1n) is 5.61. The van der Waals surface area contributed by atoms with Gasteiger partial charge in [-0.25, -0.2) is 15.0 Å². The van der Waals surface area contributed by atoms with Crippen molar-refractivity contribution < 1.29 is 0 Å². The Morgan fingerprint density at radius 1 is 1.18 bits per heavy atom. The summed E-state index contributed by atoms with van der Waals surface area (Å²) in [4.78, 5) is 15.8. The molecule has 4 heteroatoms. The van der Waals surface area contributed by atoms with Gasteiger partial charge in [0.25, 0.3) is 0 Å². The van der Waals surface area contributed by atoms with Crippen LogP contribution in [0.3, 0.4) is 0 Å². The molecule has 1 N–H and O–H groups in total. The average Bonchev–Trinajstić information content (AvgIpc) is 2.82. The highest BCUT2D eigenvalue weighted by atomic mass is 14.9. The predicted octanol–water partition coefficient (Wildman–Crippen LogP) is 2.58. The number of imidazole rings is 1. The van der Waals surface area contributed by atoms with E-state index in [2.05, 4.69) is 39.0 Å². The third-order valence-corrected chi connectivity index (χ3v) is 2.79. The van der Waals surface area contributed by atoms with E-state index in [0.717, 1.165) is 28.8 Å². The summed E-state index contributed by atoms with van der Waals surface area (Å²) in [7, 11) is 0. The molecule has 0 bridgehead atoms. The number of nitrogens with one attached hydrogen (secondary N) is 1. The first-order chi connectivity index (χ1) is 8.36. The second-order valence-electron chi connectivity index (χ2n) is 3.92. The molecule has 2 heterocycles. The molecule has 4 nitrogen and oxygen atoms in total. The summed E-state index contributed by atoms with van der Waals surface area (Å²) in [5.41, 5.74) is 4.24. The molecule has 0 saturated heterocycles.